The first-order valence-electron chi connectivity index (χ1n) is 6.69. The molecule has 22 heavy (non-hydrogen) atoms. The summed E-state index contributed by atoms with van der Waals surface area (Å²) in [6.07, 6.45) is -1.08. The molecule has 0 spiro atoms. The number of carbonyl (C=O) groups excluding carboxylic acids is 1. The average molecular weight is 319 g/mol. The normalized spacial score (nSPS) is 12.8. The quantitative estimate of drug-likeness (QED) is 0.841. The summed E-state index contributed by atoms with van der Waals surface area (Å²) >= 11 is 0. The number of hydrogen-bond acceptors (Lipinski definition) is 4. The molecule has 0 aliphatic rings. The van der Waals surface area contributed by atoms with Crippen molar-refractivity contribution in [3.63, 3.8) is 0 Å². The second-order valence-corrected chi connectivity index (χ2v) is 7.15. The Morgan fingerprint density at radius 1 is 1.09 bits per heavy atom. The number of sulfone groups is 1. The fourth-order valence-electron chi connectivity index (χ4n) is 2.14. The molecule has 0 aliphatic carbocycles. The van der Waals surface area contributed by atoms with Crippen LogP contribution >= 0.6 is 0 Å². The van der Waals surface area contributed by atoms with Gasteiger partial charge in [-0.15, -0.1) is 0 Å². The van der Waals surface area contributed by atoms with Crippen LogP contribution in [0.15, 0.2) is 54.6 Å². The summed E-state index contributed by atoms with van der Waals surface area (Å²) in [4.78, 5) is 11.1. The zero-order chi connectivity index (χ0) is 16.2. The third-order valence-electron chi connectivity index (χ3n) is 3.19. The Morgan fingerprint density at radius 2 is 1.77 bits per heavy atom. The first kappa shape index (κ1) is 16.2. The highest BCUT2D eigenvalue weighted by molar-refractivity contribution is 7.90. The van der Waals surface area contributed by atoms with Crippen LogP contribution in [0.3, 0.4) is 0 Å². The molecule has 6 heteroatoms. The predicted molar refractivity (Wildman–Crippen MR) is 83.9 cm³/mol. The number of aliphatic hydroxyl groups is 1. The molecule has 5 nitrogen and oxygen atoms in total. The summed E-state index contributed by atoms with van der Waals surface area (Å²) in [6.45, 7) is 0. The summed E-state index contributed by atoms with van der Waals surface area (Å²) in [5.41, 5.74) is 6.46. The van der Waals surface area contributed by atoms with Crippen molar-refractivity contribution in [2.75, 3.05) is 5.75 Å². The number of benzene rings is 2. The van der Waals surface area contributed by atoms with Gasteiger partial charge in [-0.1, -0.05) is 42.5 Å². The Bertz CT molecular complexity index is 757. The Balaban J connectivity index is 2.11. The van der Waals surface area contributed by atoms with Crippen molar-refractivity contribution in [1.29, 1.82) is 0 Å². The van der Waals surface area contributed by atoms with E-state index in [0.29, 0.717) is 11.1 Å². The van der Waals surface area contributed by atoms with Crippen molar-refractivity contribution >= 4 is 15.7 Å². The number of primary amides is 1. The Hall–Kier alpha value is -2.18. The first-order valence-corrected chi connectivity index (χ1v) is 8.52. The monoisotopic (exact) mass is 319 g/mol. The summed E-state index contributed by atoms with van der Waals surface area (Å²) in [7, 11) is -3.53. The second-order valence-electron chi connectivity index (χ2n) is 5.05. The summed E-state index contributed by atoms with van der Waals surface area (Å²) in [5, 5.41) is 10.0. The van der Waals surface area contributed by atoms with Crippen LogP contribution < -0.4 is 5.73 Å². The van der Waals surface area contributed by atoms with E-state index in [1.807, 2.05) is 0 Å². The molecule has 1 amide bonds. The zero-order valence-electron chi connectivity index (χ0n) is 11.8. The lowest BCUT2D eigenvalue weighted by atomic mass is 10.1. The van der Waals surface area contributed by atoms with Crippen molar-refractivity contribution in [1.82, 2.24) is 0 Å². The van der Waals surface area contributed by atoms with Gasteiger partial charge in [0.15, 0.2) is 9.84 Å². The van der Waals surface area contributed by atoms with Crippen LogP contribution in [0.5, 0.6) is 0 Å². The van der Waals surface area contributed by atoms with Gasteiger partial charge in [0.1, 0.15) is 0 Å². The van der Waals surface area contributed by atoms with Crippen molar-refractivity contribution in [2.45, 2.75) is 11.9 Å². The van der Waals surface area contributed by atoms with Crippen molar-refractivity contribution < 1.29 is 18.3 Å². The number of nitrogens with two attached hydrogens (primary N) is 1. The van der Waals surface area contributed by atoms with E-state index in [-0.39, 0.29) is 17.1 Å². The molecule has 0 aromatic heterocycles. The van der Waals surface area contributed by atoms with Gasteiger partial charge in [-0.3, -0.25) is 4.79 Å². The van der Waals surface area contributed by atoms with E-state index in [9.17, 15) is 18.3 Å². The summed E-state index contributed by atoms with van der Waals surface area (Å²) in [6, 6.07) is 14.8. The highest BCUT2D eigenvalue weighted by Gasteiger charge is 2.19. The largest absolute Gasteiger partial charge is 0.387 e. The molecule has 116 valence electrons. The minimum Gasteiger partial charge on any atom is -0.387 e. The van der Waals surface area contributed by atoms with Crippen LogP contribution in [0.1, 0.15) is 27.6 Å². The molecular formula is C16H17NO4S. The van der Waals surface area contributed by atoms with E-state index in [0.717, 1.165) is 0 Å². The van der Waals surface area contributed by atoms with Gasteiger partial charge in [0.2, 0.25) is 5.91 Å². The van der Waals surface area contributed by atoms with Gasteiger partial charge in [-0.25, -0.2) is 8.42 Å². The summed E-state index contributed by atoms with van der Waals surface area (Å²) < 4.78 is 24.4. The molecule has 0 saturated heterocycles. The third-order valence-corrected chi connectivity index (χ3v) is 4.79. The van der Waals surface area contributed by atoms with Gasteiger partial charge in [0, 0.05) is 5.56 Å². The zero-order valence-corrected chi connectivity index (χ0v) is 12.7. The van der Waals surface area contributed by atoms with Crippen LogP contribution in [0, 0.1) is 0 Å². The Morgan fingerprint density at radius 3 is 2.41 bits per heavy atom. The Labute approximate surface area is 129 Å². The number of aliphatic hydroxyl groups excluding tert-OH is 1. The van der Waals surface area contributed by atoms with Gasteiger partial charge in [0.05, 0.1) is 17.6 Å². The molecule has 2 aromatic carbocycles. The van der Waals surface area contributed by atoms with Gasteiger partial charge < -0.3 is 10.8 Å². The van der Waals surface area contributed by atoms with Gasteiger partial charge in [-0.05, 0) is 23.3 Å². The fraction of sp³-hybridized carbons (Fsp3) is 0.188. The number of amides is 1. The van der Waals surface area contributed by atoms with Crippen molar-refractivity contribution in [3.05, 3.63) is 71.3 Å². The van der Waals surface area contributed by atoms with Gasteiger partial charge in [0.25, 0.3) is 0 Å². The molecule has 0 heterocycles. The highest BCUT2D eigenvalue weighted by Crippen LogP contribution is 2.17. The van der Waals surface area contributed by atoms with E-state index >= 15 is 0 Å². The smallest absolute Gasteiger partial charge is 0.248 e. The van der Waals surface area contributed by atoms with E-state index < -0.39 is 21.8 Å². The lowest BCUT2D eigenvalue weighted by molar-refractivity contribution is 0.1000. The van der Waals surface area contributed by atoms with E-state index in [1.165, 1.54) is 12.1 Å². The van der Waals surface area contributed by atoms with Crippen molar-refractivity contribution in [3.8, 4) is 0 Å². The van der Waals surface area contributed by atoms with E-state index in [4.69, 9.17) is 5.73 Å². The molecule has 0 bridgehead atoms. The molecule has 0 radical (unpaired) electrons. The maximum absolute atomic E-state index is 12.2. The summed E-state index contributed by atoms with van der Waals surface area (Å²) in [5.74, 6) is -1.24. The molecule has 3 N–H and O–H groups in total. The molecule has 0 unspecified atom stereocenters. The third kappa shape index (κ3) is 4.41. The maximum atomic E-state index is 12.2. The Kier molecular flexibility index (Phi) is 4.95. The van der Waals surface area contributed by atoms with Gasteiger partial charge in [-0.2, -0.15) is 0 Å². The molecule has 2 aromatic rings. The molecule has 1 atom stereocenters. The van der Waals surface area contributed by atoms with Gasteiger partial charge >= 0.3 is 0 Å². The van der Waals surface area contributed by atoms with E-state index in [1.54, 1.807) is 42.5 Å². The predicted octanol–water partition coefficient (Wildman–Crippen LogP) is 1.43. The number of hydrogen-bond donors (Lipinski definition) is 2. The number of carbonyl (C=O) groups is 1. The average Bonchev–Trinajstić information content (AvgIpc) is 2.47. The molecule has 0 saturated carbocycles. The standard InChI is InChI=1S/C16H17NO4S/c17-16(19)14-8-4-5-12(9-14)10-22(20,21)11-15(18)13-6-2-1-3-7-13/h1-9,15,18H,10-11H2,(H2,17,19)/t15-/m1/s1. The molecule has 0 fully saturated rings. The number of rotatable bonds is 6. The second kappa shape index (κ2) is 6.72. The molecule has 2 rings (SSSR count). The minimum absolute atomic E-state index is 0.252. The highest BCUT2D eigenvalue weighted by atomic mass is 32.2. The lowest BCUT2D eigenvalue weighted by Crippen LogP contribution is -2.17. The minimum atomic E-state index is -3.53. The van der Waals surface area contributed by atoms with E-state index in [2.05, 4.69) is 0 Å². The molecular weight excluding hydrogens is 302 g/mol. The maximum Gasteiger partial charge on any atom is 0.248 e. The first-order chi connectivity index (χ1) is 10.4. The topological polar surface area (TPSA) is 97.5 Å². The fourth-order valence-corrected chi connectivity index (χ4v) is 3.62. The van der Waals surface area contributed by atoms with Crippen LogP contribution in [-0.4, -0.2) is 25.2 Å². The van der Waals surface area contributed by atoms with Crippen LogP contribution in [-0.2, 0) is 15.6 Å². The van der Waals surface area contributed by atoms with Crippen LogP contribution in [0.4, 0.5) is 0 Å². The van der Waals surface area contributed by atoms with Crippen molar-refractivity contribution in [2.24, 2.45) is 5.73 Å². The van der Waals surface area contributed by atoms with Crippen LogP contribution in [0.2, 0.25) is 0 Å². The molecule has 0 aliphatic heterocycles. The SMILES string of the molecule is NC(=O)c1cccc(CS(=O)(=O)C[C@@H](O)c2ccccc2)c1. The van der Waals surface area contributed by atoms with Crippen LogP contribution in [0.25, 0.3) is 0 Å². The lowest BCUT2D eigenvalue weighted by Gasteiger charge is -2.12.